The minimum Gasteiger partial charge on any atom is -0.294 e. The molecule has 2 aromatic rings. The normalized spacial score (nSPS) is 10.9. The number of Topliss-reactive ketones (excluding diaryl/α,β-unsaturated/α-hetero) is 1. The van der Waals surface area contributed by atoms with Crippen LogP contribution in [0.3, 0.4) is 0 Å². The van der Waals surface area contributed by atoms with Crippen LogP contribution in [0.15, 0.2) is 15.7 Å². The SMILES string of the molecule is CC(=O)c1cc2c(=O)n(C)c(=O)n(C)c2nc1C. The van der Waals surface area contributed by atoms with Crippen LogP contribution in [0.2, 0.25) is 0 Å². The second kappa shape index (κ2) is 3.90. The van der Waals surface area contributed by atoms with Crippen LogP contribution in [0.25, 0.3) is 11.0 Å². The number of hydrogen-bond acceptors (Lipinski definition) is 4. The van der Waals surface area contributed by atoms with Crippen molar-refractivity contribution in [2.75, 3.05) is 0 Å². The standard InChI is InChI=1S/C12H13N3O3/c1-6-8(7(2)16)5-9-10(13-6)14(3)12(18)15(4)11(9)17/h5H,1-4H3. The molecular formula is C12H13N3O3. The first-order chi connectivity index (χ1) is 8.34. The van der Waals surface area contributed by atoms with Gasteiger partial charge in [-0.25, -0.2) is 9.78 Å². The van der Waals surface area contributed by atoms with Gasteiger partial charge in [0.05, 0.1) is 11.1 Å². The summed E-state index contributed by atoms with van der Waals surface area (Å²) in [5.41, 5.74) is 0.333. The second-order valence-corrected chi connectivity index (χ2v) is 4.25. The maximum absolute atomic E-state index is 12.0. The van der Waals surface area contributed by atoms with Gasteiger partial charge in [-0.3, -0.25) is 18.7 Å². The predicted molar refractivity (Wildman–Crippen MR) is 67.0 cm³/mol. The molecule has 18 heavy (non-hydrogen) atoms. The van der Waals surface area contributed by atoms with Gasteiger partial charge in [-0.1, -0.05) is 0 Å². The fourth-order valence-electron chi connectivity index (χ4n) is 1.95. The lowest BCUT2D eigenvalue weighted by Crippen LogP contribution is -2.37. The highest BCUT2D eigenvalue weighted by atomic mass is 16.2. The molecule has 0 saturated heterocycles. The minimum atomic E-state index is -0.442. The highest BCUT2D eigenvalue weighted by Crippen LogP contribution is 2.12. The summed E-state index contributed by atoms with van der Waals surface area (Å²) in [7, 11) is 2.95. The quantitative estimate of drug-likeness (QED) is 0.672. The number of ketones is 1. The largest absolute Gasteiger partial charge is 0.332 e. The molecule has 0 spiro atoms. The van der Waals surface area contributed by atoms with Crippen LogP contribution in [0.1, 0.15) is 23.0 Å². The van der Waals surface area contributed by atoms with E-state index in [9.17, 15) is 14.4 Å². The van der Waals surface area contributed by atoms with Gasteiger partial charge in [-0.2, -0.15) is 0 Å². The zero-order valence-corrected chi connectivity index (χ0v) is 10.6. The van der Waals surface area contributed by atoms with Crippen LogP contribution in [-0.4, -0.2) is 19.9 Å². The van der Waals surface area contributed by atoms with Gasteiger partial charge in [-0.05, 0) is 19.9 Å². The molecule has 0 aliphatic rings. The molecule has 0 atom stereocenters. The first kappa shape index (κ1) is 12.2. The molecule has 0 N–H and O–H groups in total. The van der Waals surface area contributed by atoms with Crippen molar-refractivity contribution in [2.45, 2.75) is 13.8 Å². The number of fused-ring (bicyclic) bond motifs is 1. The smallest absolute Gasteiger partial charge is 0.294 e. The molecule has 0 aromatic carbocycles. The highest BCUT2D eigenvalue weighted by molar-refractivity contribution is 5.97. The van der Waals surface area contributed by atoms with Crippen molar-refractivity contribution in [3.63, 3.8) is 0 Å². The van der Waals surface area contributed by atoms with Gasteiger partial charge in [0.2, 0.25) is 0 Å². The summed E-state index contributed by atoms with van der Waals surface area (Å²) in [6.45, 7) is 3.10. The van der Waals surface area contributed by atoms with E-state index in [1.807, 2.05) is 0 Å². The summed E-state index contributed by atoms with van der Waals surface area (Å²) < 4.78 is 2.30. The van der Waals surface area contributed by atoms with Crippen molar-refractivity contribution in [3.8, 4) is 0 Å². The van der Waals surface area contributed by atoms with Crippen LogP contribution in [-0.2, 0) is 14.1 Å². The Hall–Kier alpha value is -2.24. The summed E-state index contributed by atoms with van der Waals surface area (Å²) >= 11 is 0. The summed E-state index contributed by atoms with van der Waals surface area (Å²) in [4.78, 5) is 39.4. The molecule has 0 aliphatic carbocycles. The average Bonchev–Trinajstić information content (AvgIpc) is 2.33. The van der Waals surface area contributed by atoms with E-state index in [0.717, 1.165) is 4.57 Å². The highest BCUT2D eigenvalue weighted by Gasteiger charge is 2.14. The maximum Gasteiger partial charge on any atom is 0.332 e. The molecular weight excluding hydrogens is 234 g/mol. The Labute approximate surface area is 103 Å². The van der Waals surface area contributed by atoms with Gasteiger partial charge in [0.15, 0.2) is 5.78 Å². The Kier molecular flexibility index (Phi) is 2.65. The Balaban J connectivity index is 3.09. The van der Waals surface area contributed by atoms with Crippen molar-refractivity contribution >= 4 is 16.8 Å². The molecule has 0 fully saturated rings. The van der Waals surface area contributed by atoms with Crippen LogP contribution in [0, 0.1) is 6.92 Å². The Bertz CT molecular complexity index is 784. The fourth-order valence-corrected chi connectivity index (χ4v) is 1.95. The van der Waals surface area contributed by atoms with E-state index in [2.05, 4.69) is 4.98 Å². The molecule has 0 aliphatic heterocycles. The number of rotatable bonds is 1. The second-order valence-electron chi connectivity index (χ2n) is 4.25. The molecule has 0 radical (unpaired) electrons. The first-order valence-corrected chi connectivity index (χ1v) is 5.43. The molecule has 2 rings (SSSR count). The Morgan fingerprint density at radius 3 is 2.39 bits per heavy atom. The topological polar surface area (TPSA) is 74.0 Å². The number of aryl methyl sites for hydroxylation is 2. The predicted octanol–water partition coefficient (Wildman–Crippen LogP) is 0.143. The van der Waals surface area contributed by atoms with E-state index in [1.165, 1.54) is 24.6 Å². The van der Waals surface area contributed by atoms with Crippen molar-refractivity contribution in [1.29, 1.82) is 0 Å². The van der Waals surface area contributed by atoms with Crippen molar-refractivity contribution in [3.05, 3.63) is 38.2 Å². The molecule has 0 unspecified atom stereocenters. The minimum absolute atomic E-state index is 0.155. The molecule has 0 amide bonds. The van der Waals surface area contributed by atoms with Crippen LogP contribution < -0.4 is 11.2 Å². The fraction of sp³-hybridized carbons (Fsp3) is 0.333. The summed E-state index contributed by atoms with van der Waals surface area (Å²) in [6.07, 6.45) is 0. The van der Waals surface area contributed by atoms with Gasteiger partial charge < -0.3 is 0 Å². The number of aromatic nitrogens is 3. The van der Waals surface area contributed by atoms with Crippen LogP contribution in [0.5, 0.6) is 0 Å². The summed E-state index contributed by atoms with van der Waals surface area (Å²) in [5.74, 6) is -0.155. The number of pyridine rings is 1. The first-order valence-electron chi connectivity index (χ1n) is 5.43. The van der Waals surface area contributed by atoms with Crippen molar-refractivity contribution in [2.24, 2.45) is 14.1 Å². The van der Waals surface area contributed by atoms with Gasteiger partial charge in [-0.15, -0.1) is 0 Å². The van der Waals surface area contributed by atoms with E-state index in [0.29, 0.717) is 16.9 Å². The maximum atomic E-state index is 12.0. The number of nitrogens with zero attached hydrogens (tertiary/aromatic N) is 3. The molecule has 94 valence electrons. The molecule has 2 aromatic heterocycles. The third-order valence-electron chi connectivity index (χ3n) is 3.00. The van der Waals surface area contributed by atoms with Crippen LogP contribution in [0.4, 0.5) is 0 Å². The van der Waals surface area contributed by atoms with Crippen molar-refractivity contribution < 1.29 is 4.79 Å². The molecule has 6 nitrogen and oxygen atoms in total. The van der Waals surface area contributed by atoms with Crippen molar-refractivity contribution in [1.82, 2.24) is 14.1 Å². The number of hydrogen-bond donors (Lipinski definition) is 0. The number of carbonyl (C=O) groups is 1. The third-order valence-corrected chi connectivity index (χ3v) is 3.00. The van der Waals surface area contributed by atoms with Gasteiger partial charge in [0, 0.05) is 19.7 Å². The lowest BCUT2D eigenvalue weighted by atomic mass is 10.1. The van der Waals surface area contributed by atoms with Gasteiger partial charge in [0.1, 0.15) is 5.65 Å². The monoisotopic (exact) mass is 247 g/mol. The Morgan fingerprint density at radius 1 is 1.22 bits per heavy atom. The van der Waals surface area contributed by atoms with Gasteiger partial charge in [0.25, 0.3) is 5.56 Å². The number of carbonyl (C=O) groups excluding carboxylic acids is 1. The van der Waals surface area contributed by atoms with E-state index in [4.69, 9.17) is 0 Å². The lowest BCUT2D eigenvalue weighted by molar-refractivity contribution is 0.101. The van der Waals surface area contributed by atoms with E-state index in [1.54, 1.807) is 14.0 Å². The van der Waals surface area contributed by atoms with E-state index in [-0.39, 0.29) is 11.2 Å². The summed E-state index contributed by atoms with van der Waals surface area (Å²) in [6, 6.07) is 1.50. The third kappa shape index (κ3) is 1.57. The van der Waals surface area contributed by atoms with Gasteiger partial charge >= 0.3 is 5.69 Å². The lowest BCUT2D eigenvalue weighted by Gasteiger charge is -2.09. The zero-order chi connectivity index (χ0) is 13.6. The molecule has 6 heteroatoms. The average molecular weight is 247 g/mol. The zero-order valence-electron chi connectivity index (χ0n) is 10.6. The van der Waals surface area contributed by atoms with E-state index >= 15 is 0 Å². The van der Waals surface area contributed by atoms with E-state index < -0.39 is 11.2 Å². The molecule has 2 heterocycles. The molecule has 0 saturated carbocycles. The molecule has 0 bridgehead atoms. The summed E-state index contributed by atoms with van der Waals surface area (Å²) in [5, 5.41) is 0.274. The Morgan fingerprint density at radius 2 is 1.83 bits per heavy atom. The van der Waals surface area contributed by atoms with Crippen LogP contribution >= 0.6 is 0 Å².